The van der Waals surface area contributed by atoms with Crippen LogP contribution in [-0.2, 0) is 4.79 Å². The standard InChI is InChI=1S/C18H23NO2/c1-3-5-6-10-14-13-9-7-8-11-15(13)17(20)16(14)18(21)19-12-4-2/h7-9,11H,3-6,10,12H2,1-2H3,(H,19,21). The second kappa shape index (κ2) is 7.21. The fraction of sp³-hybridized carbons (Fsp3) is 0.444. The van der Waals surface area contributed by atoms with Crippen LogP contribution in [0.3, 0.4) is 0 Å². The molecule has 2 rings (SSSR count). The summed E-state index contributed by atoms with van der Waals surface area (Å²) in [6.07, 6.45) is 4.92. The van der Waals surface area contributed by atoms with Crippen molar-refractivity contribution in [2.75, 3.05) is 6.54 Å². The summed E-state index contributed by atoms with van der Waals surface area (Å²) in [4.78, 5) is 24.9. The van der Waals surface area contributed by atoms with Crippen molar-refractivity contribution in [1.82, 2.24) is 5.32 Å². The van der Waals surface area contributed by atoms with Gasteiger partial charge < -0.3 is 5.32 Å². The van der Waals surface area contributed by atoms with Gasteiger partial charge in [-0.1, -0.05) is 51.0 Å². The summed E-state index contributed by atoms with van der Waals surface area (Å²) >= 11 is 0. The average Bonchev–Trinajstić information content (AvgIpc) is 2.78. The highest BCUT2D eigenvalue weighted by molar-refractivity contribution is 6.34. The first-order chi connectivity index (χ1) is 10.2. The molecular formula is C18H23NO2. The van der Waals surface area contributed by atoms with Crippen molar-refractivity contribution >= 4 is 17.3 Å². The monoisotopic (exact) mass is 285 g/mol. The van der Waals surface area contributed by atoms with Gasteiger partial charge in [0.05, 0.1) is 5.57 Å². The molecule has 0 spiro atoms. The van der Waals surface area contributed by atoms with Crippen LogP contribution < -0.4 is 5.32 Å². The molecule has 0 unspecified atom stereocenters. The SMILES string of the molecule is CCCCCC1=C(C(=O)NCCC)C(=O)c2ccccc21. The van der Waals surface area contributed by atoms with Crippen molar-refractivity contribution < 1.29 is 9.59 Å². The molecule has 112 valence electrons. The van der Waals surface area contributed by atoms with Crippen LogP contribution in [0.15, 0.2) is 29.8 Å². The third-order valence-electron chi connectivity index (χ3n) is 3.82. The lowest BCUT2D eigenvalue weighted by Crippen LogP contribution is -2.28. The van der Waals surface area contributed by atoms with Gasteiger partial charge in [0.25, 0.3) is 5.91 Å². The quantitative estimate of drug-likeness (QED) is 0.612. The molecule has 0 fully saturated rings. The number of Topliss-reactive ketones (excluding diaryl/α,β-unsaturated/α-hetero) is 1. The Labute approximate surface area is 126 Å². The second-order valence-corrected chi connectivity index (χ2v) is 5.44. The zero-order chi connectivity index (χ0) is 15.2. The Kier molecular flexibility index (Phi) is 5.32. The van der Waals surface area contributed by atoms with Crippen molar-refractivity contribution in [2.24, 2.45) is 0 Å². The average molecular weight is 285 g/mol. The summed E-state index contributed by atoms with van der Waals surface area (Å²) in [5.74, 6) is -0.338. The normalized spacial score (nSPS) is 13.5. The first-order valence-electron chi connectivity index (χ1n) is 7.86. The Morgan fingerprint density at radius 2 is 1.76 bits per heavy atom. The maximum absolute atomic E-state index is 12.5. The van der Waals surface area contributed by atoms with Gasteiger partial charge in [-0.05, 0) is 30.4 Å². The van der Waals surface area contributed by atoms with E-state index in [1.54, 1.807) is 0 Å². The molecule has 0 radical (unpaired) electrons. The van der Waals surface area contributed by atoms with Gasteiger partial charge in [-0.15, -0.1) is 0 Å². The van der Waals surface area contributed by atoms with Crippen molar-refractivity contribution in [2.45, 2.75) is 46.0 Å². The molecule has 1 amide bonds. The van der Waals surface area contributed by atoms with Gasteiger partial charge >= 0.3 is 0 Å². The number of nitrogens with one attached hydrogen (secondary N) is 1. The summed E-state index contributed by atoms with van der Waals surface area (Å²) in [5.41, 5.74) is 2.91. The summed E-state index contributed by atoms with van der Waals surface area (Å²) in [6, 6.07) is 7.55. The molecule has 0 heterocycles. The molecule has 0 saturated heterocycles. The number of fused-ring (bicyclic) bond motifs is 1. The lowest BCUT2D eigenvalue weighted by Gasteiger charge is -2.08. The molecule has 1 aliphatic carbocycles. The number of hydrogen-bond donors (Lipinski definition) is 1. The van der Waals surface area contributed by atoms with E-state index >= 15 is 0 Å². The summed E-state index contributed by atoms with van der Waals surface area (Å²) in [6.45, 7) is 4.76. The number of ketones is 1. The van der Waals surface area contributed by atoms with Crippen molar-refractivity contribution in [3.05, 3.63) is 41.0 Å². The Morgan fingerprint density at radius 1 is 1.05 bits per heavy atom. The van der Waals surface area contributed by atoms with E-state index in [0.29, 0.717) is 17.7 Å². The van der Waals surface area contributed by atoms with Gasteiger partial charge in [-0.25, -0.2) is 0 Å². The lowest BCUT2D eigenvalue weighted by molar-refractivity contribution is -0.117. The number of hydrogen-bond acceptors (Lipinski definition) is 2. The van der Waals surface area contributed by atoms with Crippen LogP contribution in [0.1, 0.15) is 61.9 Å². The largest absolute Gasteiger partial charge is 0.352 e. The molecule has 0 bridgehead atoms. The van der Waals surface area contributed by atoms with Gasteiger partial charge in [0, 0.05) is 12.1 Å². The van der Waals surface area contributed by atoms with Crippen molar-refractivity contribution in [1.29, 1.82) is 0 Å². The maximum Gasteiger partial charge on any atom is 0.255 e. The molecule has 3 heteroatoms. The molecule has 1 aromatic carbocycles. The first-order valence-corrected chi connectivity index (χ1v) is 7.86. The summed E-state index contributed by atoms with van der Waals surface area (Å²) < 4.78 is 0. The number of rotatable bonds is 7. The van der Waals surface area contributed by atoms with E-state index in [1.165, 1.54) is 0 Å². The van der Waals surface area contributed by atoms with Crippen LogP contribution in [0, 0.1) is 0 Å². The predicted molar refractivity (Wildman–Crippen MR) is 85.1 cm³/mol. The topological polar surface area (TPSA) is 46.2 Å². The van der Waals surface area contributed by atoms with Crippen LogP contribution in [0.5, 0.6) is 0 Å². The van der Waals surface area contributed by atoms with E-state index in [9.17, 15) is 9.59 Å². The molecule has 21 heavy (non-hydrogen) atoms. The Bertz CT molecular complexity index is 572. The number of carbonyl (C=O) groups excluding carboxylic acids is 2. The van der Waals surface area contributed by atoms with Gasteiger partial charge in [0.1, 0.15) is 0 Å². The molecule has 0 aliphatic heterocycles. The number of amides is 1. The minimum absolute atomic E-state index is 0.120. The highest BCUT2D eigenvalue weighted by Crippen LogP contribution is 2.36. The summed E-state index contributed by atoms with van der Waals surface area (Å²) in [7, 11) is 0. The van der Waals surface area contributed by atoms with Gasteiger partial charge in [-0.3, -0.25) is 9.59 Å². The van der Waals surface area contributed by atoms with Crippen LogP contribution in [0.25, 0.3) is 5.57 Å². The number of carbonyl (C=O) groups is 2. The lowest BCUT2D eigenvalue weighted by atomic mass is 9.99. The van der Waals surface area contributed by atoms with Gasteiger partial charge in [-0.2, -0.15) is 0 Å². The van der Waals surface area contributed by atoms with E-state index in [2.05, 4.69) is 12.2 Å². The minimum Gasteiger partial charge on any atom is -0.352 e. The molecule has 0 atom stereocenters. The van der Waals surface area contributed by atoms with E-state index in [-0.39, 0.29) is 11.7 Å². The Hall–Kier alpha value is -1.90. The van der Waals surface area contributed by atoms with E-state index in [1.807, 2.05) is 31.2 Å². The van der Waals surface area contributed by atoms with Crippen LogP contribution in [-0.4, -0.2) is 18.2 Å². The molecule has 0 aromatic heterocycles. The molecule has 1 N–H and O–H groups in total. The fourth-order valence-corrected chi connectivity index (χ4v) is 2.73. The van der Waals surface area contributed by atoms with Crippen LogP contribution in [0.4, 0.5) is 0 Å². The zero-order valence-electron chi connectivity index (χ0n) is 12.9. The third-order valence-corrected chi connectivity index (χ3v) is 3.82. The minimum atomic E-state index is -0.218. The Balaban J connectivity index is 2.33. The van der Waals surface area contributed by atoms with E-state index < -0.39 is 0 Å². The van der Waals surface area contributed by atoms with Gasteiger partial charge in [0.2, 0.25) is 0 Å². The first kappa shape index (κ1) is 15.5. The molecule has 0 saturated carbocycles. The highest BCUT2D eigenvalue weighted by Gasteiger charge is 2.32. The van der Waals surface area contributed by atoms with Crippen LogP contribution in [0.2, 0.25) is 0 Å². The maximum atomic E-state index is 12.5. The number of unbranched alkanes of at least 4 members (excludes halogenated alkanes) is 2. The van der Waals surface area contributed by atoms with E-state index in [0.717, 1.165) is 43.2 Å². The number of allylic oxidation sites excluding steroid dienone is 1. The van der Waals surface area contributed by atoms with E-state index in [4.69, 9.17) is 0 Å². The molecule has 1 aliphatic rings. The molecule has 1 aromatic rings. The summed E-state index contributed by atoms with van der Waals surface area (Å²) in [5, 5.41) is 2.84. The third kappa shape index (κ3) is 3.23. The van der Waals surface area contributed by atoms with Crippen LogP contribution >= 0.6 is 0 Å². The fourth-order valence-electron chi connectivity index (χ4n) is 2.73. The Morgan fingerprint density at radius 3 is 2.43 bits per heavy atom. The molecule has 3 nitrogen and oxygen atoms in total. The zero-order valence-corrected chi connectivity index (χ0v) is 12.9. The van der Waals surface area contributed by atoms with Gasteiger partial charge in [0.15, 0.2) is 5.78 Å². The predicted octanol–water partition coefficient (Wildman–Crippen LogP) is 3.74. The van der Waals surface area contributed by atoms with Crippen molar-refractivity contribution in [3.63, 3.8) is 0 Å². The van der Waals surface area contributed by atoms with Crippen molar-refractivity contribution in [3.8, 4) is 0 Å². The second-order valence-electron chi connectivity index (χ2n) is 5.44. The number of benzene rings is 1. The molecular weight excluding hydrogens is 262 g/mol. The highest BCUT2D eigenvalue weighted by atomic mass is 16.2. The smallest absolute Gasteiger partial charge is 0.255 e.